The maximum Gasteiger partial charge on any atom is 0.259 e. The van der Waals surface area contributed by atoms with Crippen LogP contribution in [0.3, 0.4) is 0 Å². The molecule has 0 atom stereocenters. The number of phenols is 1. The molecule has 4 aromatic carbocycles. The van der Waals surface area contributed by atoms with Gasteiger partial charge in [0.2, 0.25) is 0 Å². The Morgan fingerprint density at radius 1 is 0.657 bits per heavy atom. The third-order valence-electron chi connectivity index (χ3n) is 9.47. The van der Waals surface area contributed by atoms with Crippen molar-refractivity contribution in [2.24, 2.45) is 11.5 Å². The lowest BCUT2D eigenvalue weighted by atomic mass is 10.1. The number of para-hydroxylation sites is 2. The van der Waals surface area contributed by atoms with E-state index in [1.165, 1.54) is 4.90 Å². The van der Waals surface area contributed by atoms with Crippen molar-refractivity contribution in [3.05, 3.63) is 145 Å². The molecular weight excluding hydrogens is 896 g/mol. The molecule has 0 fully saturated rings. The SMILES string of the molecule is CN(C)C(=O)COc1ccc2nc(-c3cccnc3)nc(Nc3ccccc3C(N)=O)c2c1.CN(C)CCCl.Cl.NC(=O)c1ccccc1Nc1nc(-c2cccnc2)nc2ccc(O)cc12. The Morgan fingerprint density at radius 3 is 1.58 bits per heavy atom. The van der Waals surface area contributed by atoms with E-state index >= 15 is 0 Å². The lowest BCUT2D eigenvalue weighted by Gasteiger charge is -2.15. The molecule has 8 aromatic rings. The lowest BCUT2D eigenvalue weighted by Crippen LogP contribution is -2.27. The molecule has 8 rings (SSSR count). The average Bonchev–Trinajstić information content (AvgIpc) is 3.32. The molecule has 0 unspecified atom stereocenters. The second-order valence-electron chi connectivity index (χ2n) is 14.8. The molecule has 0 aliphatic rings. The number of anilines is 4. The van der Waals surface area contributed by atoms with E-state index in [-0.39, 0.29) is 30.7 Å². The number of amides is 3. The fourth-order valence-corrected chi connectivity index (χ4v) is 6.40. The number of aromatic nitrogens is 6. The third-order valence-corrected chi connectivity index (χ3v) is 9.64. The smallest absolute Gasteiger partial charge is 0.259 e. The first-order valence-electron chi connectivity index (χ1n) is 20.3. The van der Waals surface area contributed by atoms with Crippen LogP contribution in [-0.4, -0.2) is 110 Å². The fraction of sp³-hybridized carbons (Fsp3) is 0.146. The van der Waals surface area contributed by atoms with E-state index in [1.807, 2.05) is 31.1 Å². The highest BCUT2D eigenvalue weighted by Gasteiger charge is 2.16. The normalized spacial score (nSPS) is 10.4. The monoisotopic (exact) mass is 942 g/mol. The second-order valence-corrected chi connectivity index (χ2v) is 15.2. The second kappa shape index (κ2) is 23.8. The number of aromatic hydroxyl groups is 1. The molecular formula is C48H48Cl2N12O5. The third kappa shape index (κ3) is 13.5. The van der Waals surface area contributed by atoms with E-state index in [1.54, 1.807) is 136 Å². The van der Waals surface area contributed by atoms with Crippen LogP contribution in [0.4, 0.5) is 23.0 Å². The molecule has 0 aliphatic heterocycles. The van der Waals surface area contributed by atoms with E-state index in [9.17, 15) is 19.5 Å². The summed E-state index contributed by atoms with van der Waals surface area (Å²) in [5, 5.41) is 17.5. The van der Waals surface area contributed by atoms with Crippen LogP contribution in [0.2, 0.25) is 0 Å². The number of carbonyl (C=O) groups is 3. The number of primary amides is 2. The quantitative estimate of drug-likeness (QED) is 0.0706. The Labute approximate surface area is 397 Å². The van der Waals surface area contributed by atoms with Gasteiger partial charge in [0.25, 0.3) is 17.7 Å². The van der Waals surface area contributed by atoms with Crippen LogP contribution in [-0.2, 0) is 4.79 Å². The first-order chi connectivity index (χ1) is 31.8. The minimum absolute atomic E-state index is 0. The van der Waals surface area contributed by atoms with Gasteiger partial charge in [-0.1, -0.05) is 24.3 Å². The van der Waals surface area contributed by atoms with Crippen LogP contribution in [0.5, 0.6) is 11.5 Å². The molecule has 4 heterocycles. The molecule has 0 saturated carbocycles. The molecule has 7 N–H and O–H groups in total. The predicted octanol–water partition coefficient (Wildman–Crippen LogP) is 7.45. The number of hydrogen-bond acceptors (Lipinski definition) is 14. The fourth-order valence-electron chi connectivity index (χ4n) is 6.06. The van der Waals surface area contributed by atoms with E-state index in [2.05, 4.69) is 40.5 Å². The van der Waals surface area contributed by atoms with Gasteiger partial charge >= 0.3 is 0 Å². The number of hydrogen-bond donors (Lipinski definition) is 5. The van der Waals surface area contributed by atoms with Gasteiger partial charge in [-0.15, -0.1) is 24.0 Å². The summed E-state index contributed by atoms with van der Waals surface area (Å²) in [6.07, 6.45) is 6.69. The lowest BCUT2D eigenvalue weighted by molar-refractivity contribution is -0.130. The standard InChI is InChI=1S/C24H22N6O3.C20H15N5O2.C4H10ClN.ClH/c1-30(2)21(31)14-33-16-9-10-20-18(12-16)24(28-19-8-4-3-7-17(19)22(25)32)29-23(27-20)15-6-5-11-26-13-15;21-18(27)14-5-1-2-6-16(14)24-20-15-10-13(26)7-8-17(15)23-19(25-20)12-4-3-9-22-11-12;1-6(2)4-3-5;/h3-13H,14H2,1-2H3,(H2,25,32)(H,27,28,29);1-11,26H,(H2,21,27)(H,23,24,25);3-4H2,1-2H3;1H. The zero-order valence-electron chi connectivity index (χ0n) is 36.9. The van der Waals surface area contributed by atoms with Crippen molar-refractivity contribution in [1.29, 1.82) is 0 Å². The summed E-state index contributed by atoms with van der Waals surface area (Å²) in [6, 6.07) is 31.2. The van der Waals surface area contributed by atoms with E-state index < -0.39 is 11.8 Å². The minimum atomic E-state index is -0.560. The van der Waals surface area contributed by atoms with Crippen molar-refractivity contribution >= 4 is 86.5 Å². The number of halogens is 2. The summed E-state index contributed by atoms with van der Waals surface area (Å²) in [5.41, 5.74) is 15.5. The molecule has 67 heavy (non-hydrogen) atoms. The van der Waals surface area contributed by atoms with Crippen molar-refractivity contribution in [3.63, 3.8) is 0 Å². The number of benzene rings is 4. The van der Waals surface area contributed by atoms with Crippen LogP contribution in [0.25, 0.3) is 44.6 Å². The maximum atomic E-state index is 11.9. The van der Waals surface area contributed by atoms with Gasteiger partial charge in [-0.05, 0) is 99.0 Å². The van der Waals surface area contributed by atoms with Crippen molar-refractivity contribution in [2.45, 2.75) is 0 Å². The summed E-state index contributed by atoms with van der Waals surface area (Å²) in [6.45, 7) is 0.877. The van der Waals surface area contributed by atoms with Gasteiger partial charge < -0.3 is 41.7 Å². The van der Waals surface area contributed by atoms with E-state index in [4.69, 9.17) is 27.8 Å². The van der Waals surface area contributed by atoms with Crippen molar-refractivity contribution in [1.82, 2.24) is 39.7 Å². The number of rotatable bonds is 13. The largest absolute Gasteiger partial charge is 0.508 e. The predicted molar refractivity (Wildman–Crippen MR) is 264 cm³/mol. The number of nitrogens with one attached hydrogen (secondary N) is 2. The number of carbonyl (C=O) groups excluding carboxylic acids is 3. The summed E-state index contributed by atoms with van der Waals surface area (Å²) < 4.78 is 5.66. The van der Waals surface area contributed by atoms with Crippen LogP contribution in [0, 0.1) is 0 Å². The first-order valence-corrected chi connectivity index (χ1v) is 20.8. The average molecular weight is 944 g/mol. The highest BCUT2D eigenvalue weighted by molar-refractivity contribution is 6.18. The van der Waals surface area contributed by atoms with Crippen LogP contribution >= 0.6 is 24.0 Å². The molecule has 0 spiro atoms. The minimum Gasteiger partial charge on any atom is -0.508 e. The summed E-state index contributed by atoms with van der Waals surface area (Å²) in [4.78, 5) is 65.8. The Hall–Kier alpha value is -7.99. The molecule has 0 radical (unpaired) electrons. The van der Waals surface area contributed by atoms with Crippen molar-refractivity contribution in [2.75, 3.05) is 57.9 Å². The maximum absolute atomic E-state index is 11.9. The zero-order valence-corrected chi connectivity index (χ0v) is 38.5. The van der Waals surface area contributed by atoms with E-state index in [0.29, 0.717) is 73.3 Å². The molecule has 0 aliphatic carbocycles. The summed E-state index contributed by atoms with van der Waals surface area (Å²) >= 11 is 5.35. The Kier molecular flexibility index (Phi) is 17.8. The van der Waals surface area contributed by atoms with E-state index in [0.717, 1.165) is 23.6 Å². The molecule has 344 valence electrons. The number of fused-ring (bicyclic) bond motifs is 2. The van der Waals surface area contributed by atoms with Gasteiger partial charge in [-0.3, -0.25) is 24.4 Å². The Morgan fingerprint density at radius 2 is 1.15 bits per heavy atom. The van der Waals surface area contributed by atoms with Gasteiger partial charge in [-0.25, -0.2) is 19.9 Å². The zero-order chi connectivity index (χ0) is 47.2. The Balaban J connectivity index is 0.000000224. The van der Waals surface area contributed by atoms with Crippen molar-refractivity contribution in [3.8, 4) is 34.3 Å². The number of phenolic OH excluding ortho intramolecular Hbond substituents is 1. The Bertz CT molecular complexity index is 2970. The van der Waals surface area contributed by atoms with Crippen LogP contribution in [0.15, 0.2) is 134 Å². The van der Waals surface area contributed by atoms with Crippen LogP contribution in [0.1, 0.15) is 20.7 Å². The molecule has 0 saturated heterocycles. The topological polar surface area (TPSA) is 241 Å². The van der Waals surface area contributed by atoms with Gasteiger partial charge in [-0.2, -0.15) is 0 Å². The summed E-state index contributed by atoms with van der Waals surface area (Å²) in [7, 11) is 7.33. The first kappa shape index (κ1) is 50.0. The van der Waals surface area contributed by atoms with Gasteiger partial charge in [0, 0.05) is 73.2 Å². The number of nitrogens with zero attached hydrogens (tertiary/aromatic N) is 8. The number of alkyl halides is 1. The molecule has 4 aromatic heterocycles. The van der Waals surface area contributed by atoms with Gasteiger partial charge in [0.1, 0.15) is 23.1 Å². The summed E-state index contributed by atoms with van der Waals surface area (Å²) in [5.74, 6) is 1.88. The highest BCUT2D eigenvalue weighted by atomic mass is 35.5. The number of likely N-dealkylation sites (N-methyl/N-ethyl adjacent to an activating group) is 1. The number of ether oxygens (including phenoxy) is 1. The number of pyridine rings is 2. The molecule has 0 bridgehead atoms. The molecule has 17 nitrogen and oxygen atoms in total. The molecule has 3 amide bonds. The van der Waals surface area contributed by atoms with Gasteiger partial charge in [0.15, 0.2) is 18.3 Å². The van der Waals surface area contributed by atoms with Gasteiger partial charge in [0.05, 0.1) is 33.5 Å². The van der Waals surface area contributed by atoms with Crippen molar-refractivity contribution < 1.29 is 24.2 Å². The number of nitrogens with two attached hydrogens (primary N) is 2. The molecule has 19 heteroatoms. The van der Waals surface area contributed by atoms with Crippen LogP contribution < -0.4 is 26.8 Å². The highest BCUT2D eigenvalue weighted by Crippen LogP contribution is 2.32.